The van der Waals surface area contributed by atoms with Crippen LogP contribution < -0.4 is 0 Å². The number of allylic oxidation sites excluding steroid dienone is 1. The summed E-state index contributed by atoms with van der Waals surface area (Å²) < 4.78 is 11.2. The first kappa shape index (κ1) is 26.5. The number of carbonyl (C=O) groups is 4. The molecular formula is C27H37BrO7. The predicted molar refractivity (Wildman–Crippen MR) is 132 cm³/mol. The number of halogens is 1. The third kappa shape index (κ3) is 4.03. The molecule has 0 heterocycles. The van der Waals surface area contributed by atoms with Gasteiger partial charge in [-0.1, -0.05) is 49.2 Å². The number of Topliss-reactive ketones (excluding diaryl/α,β-unsaturated/α-hetero) is 1. The van der Waals surface area contributed by atoms with E-state index in [1.165, 1.54) is 0 Å². The summed E-state index contributed by atoms with van der Waals surface area (Å²) in [5.74, 6) is -1.22. The molecule has 3 saturated carbocycles. The molecule has 0 aliphatic heterocycles. The van der Waals surface area contributed by atoms with Gasteiger partial charge in [-0.05, 0) is 61.3 Å². The van der Waals surface area contributed by atoms with Crippen LogP contribution in [0.5, 0.6) is 0 Å². The van der Waals surface area contributed by atoms with Crippen LogP contribution in [0.25, 0.3) is 0 Å². The SMILES string of the molecule is CCC(=O)OCC(=O)[C@]1(OC(=O)CC)CC[C@H]2[C@H]3[C@H]([C@@H](O)C[C@@]21C)[C@@]1(C)CCC(=O)C=C1C[C@H]3Br. The van der Waals surface area contributed by atoms with Gasteiger partial charge in [0.05, 0.1) is 6.10 Å². The average molecular weight is 553 g/mol. The summed E-state index contributed by atoms with van der Waals surface area (Å²) in [5.41, 5.74) is -1.43. The van der Waals surface area contributed by atoms with Gasteiger partial charge in [0.1, 0.15) is 0 Å². The molecule has 8 heteroatoms. The topological polar surface area (TPSA) is 107 Å². The molecule has 0 saturated heterocycles. The lowest BCUT2D eigenvalue weighted by Gasteiger charge is -2.62. The van der Waals surface area contributed by atoms with E-state index >= 15 is 0 Å². The second kappa shape index (κ2) is 9.40. The highest BCUT2D eigenvalue weighted by Gasteiger charge is 2.71. The molecule has 0 aromatic carbocycles. The van der Waals surface area contributed by atoms with E-state index in [1.807, 2.05) is 6.92 Å². The van der Waals surface area contributed by atoms with E-state index in [9.17, 15) is 24.3 Å². The van der Waals surface area contributed by atoms with Gasteiger partial charge in [-0.15, -0.1) is 0 Å². The Bertz CT molecular complexity index is 959. The van der Waals surface area contributed by atoms with E-state index in [2.05, 4.69) is 22.9 Å². The van der Waals surface area contributed by atoms with Crippen LogP contribution in [0.3, 0.4) is 0 Å². The smallest absolute Gasteiger partial charge is 0.306 e. The maximum absolute atomic E-state index is 13.7. The number of hydrogen-bond donors (Lipinski definition) is 1. The predicted octanol–water partition coefficient (Wildman–Crippen LogP) is 4.08. The number of alkyl halides is 1. The molecule has 0 spiro atoms. The van der Waals surface area contributed by atoms with Gasteiger partial charge in [-0.25, -0.2) is 0 Å². The van der Waals surface area contributed by atoms with Crippen molar-refractivity contribution in [2.75, 3.05) is 6.61 Å². The van der Waals surface area contributed by atoms with Crippen molar-refractivity contribution in [1.29, 1.82) is 0 Å². The van der Waals surface area contributed by atoms with E-state index in [-0.39, 0.29) is 46.6 Å². The number of rotatable bonds is 6. The van der Waals surface area contributed by atoms with Crippen molar-refractivity contribution in [2.45, 2.75) is 95.6 Å². The highest BCUT2D eigenvalue weighted by Crippen LogP contribution is 2.69. The van der Waals surface area contributed by atoms with Gasteiger partial charge >= 0.3 is 11.9 Å². The highest BCUT2D eigenvalue weighted by atomic mass is 79.9. The Morgan fingerprint density at radius 2 is 1.83 bits per heavy atom. The van der Waals surface area contributed by atoms with Gasteiger partial charge in [0, 0.05) is 29.5 Å². The second-order valence-corrected chi connectivity index (χ2v) is 12.5. The van der Waals surface area contributed by atoms with E-state index < -0.39 is 41.4 Å². The molecule has 0 aromatic heterocycles. The van der Waals surface area contributed by atoms with Crippen molar-refractivity contribution in [3.05, 3.63) is 11.6 Å². The third-order valence-electron chi connectivity index (χ3n) is 9.68. The Hall–Kier alpha value is -1.54. The maximum Gasteiger partial charge on any atom is 0.306 e. The standard InChI is InChI=1S/C27H37BrO7/c1-5-21(32)34-14-20(31)27(35-22(33)6-2)10-8-17-23-18(28)12-15-11-16(29)7-9-25(15,3)24(23)19(30)13-26(17,27)4/h11,17-19,23-24,30H,5-10,12-14H2,1-4H3/t17-,18+,19-,23+,24-,25-,26-,27+/m0/s1. The van der Waals surface area contributed by atoms with Gasteiger partial charge in [-0.2, -0.15) is 0 Å². The molecule has 3 fully saturated rings. The van der Waals surface area contributed by atoms with Crippen molar-refractivity contribution >= 4 is 39.4 Å². The lowest BCUT2D eigenvalue weighted by atomic mass is 9.45. The van der Waals surface area contributed by atoms with Crippen LogP contribution in [-0.4, -0.2) is 51.8 Å². The molecule has 0 aromatic rings. The van der Waals surface area contributed by atoms with Crippen LogP contribution in [0.1, 0.15) is 79.1 Å². The first-order valence-electron chi connectivity index (χ1n) is 12.9. The van der Waals surface area contributed by atoms with Crippen molar-refractivity contribution in [3.63, 3.8) is 0 Å². The molecule has 35 heavy (non-hydrogen) atoms. The lowest BCUT2D eigenvalue weighted by Crippen LogP contribution is -2.64. The molecule has 0 bridgehead atoms. The molecule has 0 unspecified atom stereocenters. The van der Waals surface area contributed by atoms with E-state index in [0.29, 0.717) is 38.5 Å². The van der Waals surface area contributed by atoms with E-state index in [1.54, 1.807) is 19.9 Å². The molecule has 4 aliphatic rings. The van der Waals surface area contributed by atoms with Crippen molar-refractivity contribution in [2.24, 2.45) is 28.6 Å². The molecule has 0 radical (unpaired) electrons. The number of esters is 2. The van der Waals surface area contributed by atoms with Crippen LogP contribution in [0, 0.1) is 28.6 Å². The fourth-order valence-electron chi connectivity index (χ4n) is 7.90. The van der Waals surface area contributed by atoms with Gasteiger partial charge in [0.15, 0.2) is 18.0 Å². The fourth-order valence-corrected chi connectivity index (χ4v) is 8.94. The van der Waals surface area contributed by atoms with Crippen LogP contribution in [-0.2, 0) is 28.7 Å². The fraction of sp³-hybridized carbons (Fsp3) is 0.778. The molecule has 8 atom stereocenters. The lowest BCUT2D eigenvalue weighted by molar-refractivity contribution is -0.202. The summed E-state index contributed by atoms with van der Waals surface area (Å²) in [5, 5.41) is 11.7. The van der Waals surface area contributed by atoms with Gasteiger partial charge < -0.3 is 14.6 Å². The summed E-state index contributed by atoms with van der Waals surface area (Å²) in [7, 11) is 0. The summed E-state index contributed by atoms with van der Waals surface area (Å²) in [6, 6.07) is 0. The Kier molecular flexibility index (Phi) is 7.12. The number of ketones is 2. The van der Waals surface area contributed by atoms with Crippen molar-refractivity contribution < 1.29 is 33.8 Å². The van der Waals surface area contributed by atoms with Crippen LogP contribution in [0.2, 0.25) is 0 Å². The minimum absolute atomic E-state index is 0.0201. The second-order valence-electron chi connectivity index (χ2n) is 11.3. The monoisotopic (exact) mass is 552 g/mol. The number of carbonyl (C=O) groups excluding carboxylic acids is 4. The molecule has 4 rings (SSSR count). The molecule has 4 aliphatic carbocycles. The first-order valence-corrected chi connectivity index (χ1v) is 13.8. The summed E-state index contributed by atoms with van der Waals surface area (Å²) in [6.45, 7) is 7.03. The van der Waals surface area contributed by atoms with Crippen LogP contribution >= 0.6 is 15.9 Å². The van der Waals surface area contributed by atoms with Gasteiger partial charge in [0.2, 0.25) is 5.78 Å². The Labute approximate surface area is 215 Å². The quantitative estimate of drug-likeness (QED) is 0.390. The number of aliphatic hydroxyl groups excluding tert-OH is 1. The first-order chi connectivity index (χ1) is 16.4. The van der Waals surface area contributed by atoms with E-state index in [0.717, 1.165) is 5.57 Å². The summed E-state index contributed by atoms with van der Waals surface area (Å²) >= 11 is 3.90. The largest absolute Gasteiger partial charge is 0.457 e. The summed E-state index contributed by atoms with van der Waals surface area (Å²) in [4.78, 5) is 50.3. The molecule has 0 amide bonds. The average Bonchev–Trinajstić information content (AvgIpc) is 3.10. The van der Waals surface area contributed by atoms with E-state index in [4.69, 9.17) is 9.47 Å². The Balaban J connectivity index is 1.74. The molecule has 194 valence electrons. The van der Waals surface area contributed by atoms with Crippen molar-refractivity contribution in [1.82, 2.24) is 0 Å². The third-order valence-corrected chi connectivity index (χ3v) is 10.6. The zero-order valence-electron chi connectivity index (χ0n) is 21.1. The van der Waals surface area contributed by atoms with Gasteiger partial charge in [0.25, 0.3) is 0 Å². The van der Waals surface area contributed by atoms with Crippen LogP contribution in [0.15, 0.2) is 11.6 Å². The molecular weight excluding hydrogens is 516 g/mol. The number of aliphatic hydroxyl groups is 1. The molecule has 1 N–H and O–H groups in total. The normalized spacial score (nSPS) is 42.3. The number of fused-ring (bicyclic) bond motifs is 5. The number of ether oxygens (including phenoxy) is 2. The summed E-state index contributed by atoms with van der Waals surface area (Å²) in [6.07, 6.45) is 4.55. The Morgan fingerprint density at radius 1 is 1.14 bits per heavy atom. The van der Waals surface area contributed by atoms with Crippen molar-refractivity contribution in [3.8, 4) is 0 Å². The van der Waals surface area contributed by atoms with Crippen LogP contribution in [0.4, 0.5) is 0 Å². The minimum atomic E-state index is -1.45. The molecule has 7 nitrogen and oxygen atoms in total. The zero-order valence-corrected chi connectivity index (χ0v) is 22.7. The zero-order chi connectivity index (χ0) is 25.8. The maximum atomic E-state index is 13.7. The highest BCUT2D eigenvalue weighted by molar-refractivity contribution is 9.09. The minimum Gasteiger partial charge on any atom is -0.457 e. The Morgan fingerprint density at radius 3 is 2.49 bits per heavy atom. The van der Waals surface area contributed by atoms with Gasteiger partial charge in [-0.3, -0.25) is 19.2 Å². The number of hydrogen-bond acceptors (Lipinski definition) is 7.